The summed E-state index contributed by atoms with van der Waals surface area (Å²) in [6.07, 6.45) is 0.972. The monoisotopic (exact) mass is 352 g/mol. The highest BCUT2D eigenvalue weighted by Gasteiger charge is 2.23. The van der Waals surface area contributed by atoms with E-state index in [-0.39, 0.29) is 5.91 Å². The van der Waals surface area contributed by atoms with Gasteiger partial charge in [-0.3, -0.25) is 4.79 Å². The molecule has 0 bridgehead atoms. The van der Waals surface area contributed by atoms with Gasteiger partial charge >= 0.3 is 0 Å². The van der Waals surface area contributed by atoms with Gasteiger partial charge in [0.15, 0.2) is 0 Å². The van der Waals surface area contributed by atoms with E-state index < -0.39 is 6.10 Å². The van der Waals surface area contributed by atoms with Crippen molar-refractivity contribution in [1.29, 1.82) is 0 Å². The fourth-order valence-corrected chi connectivity index (χ4v) is 3.28. The van der Waals surface area contributed by atoms with E-state index in [0.717, 1.165) is 16.1 Å². The van der Waals surface area contributed by atoms with Gasteiger partial charge in [0, 0.05) is 24.5 Å². The Morgan fingerprint density at radius 1 is 1.00 bits per heavy atom. The number of amides is 1. The van der Waals surface area contributed by atoms with Gasteiger partial charge < -0.3 is 10.0 Å². The molecule has 1 heterocycles. The highest BCUT2D eigenvalue weighted by Crippen LogP contribution is 2.15. The van der Waals surface area contributed by atoms with Crippen LogP contribution < -0.4 is 0 Å². The normalized spacial score (nSPS) is 11.9. The average Bonchev–Trinajstić information content (AvgIpc) is 3.15. The largest absolute Gasteiger partial charge is 0.383 e. The minimum atomic E-state index is -1.06. The number of benzene rings is 2. The Morgan fingerprint density at radius 2 is 1.64 bits per heavy atom. The lowest BCUT2D eigenvalue weighted by Crippen LogP contribution is -2.39. The van der Waals surface area contributed by atoms with E-state index in [2.05, 4.69) is 4.98 Å². The van der Waals surface area contributed by atoms with Crippen LogP contribution in [0.25, 0.3) is 0 Å². The first-order valence-corrected chi connectivity index (χ1v) is 9.03. The minimum absolute atomic E-state index is 0.275. The van der Waals surface area contributed by atoms with Gasteiger partial charge in [0.25, 0.3) is 5.91 Å². The van der Waals surface area contributed by atoms with Crippen molar-refractivity contribution in [1.82, 2.24) is 9.88 Å². The molecule has 0 aliphatic rings. The molecule has 0 fully saturated rings. The molecule has 1 amide bonds. The summed E-state index contributed by atoms with van der Waals surface area (Å²) < 4.78 is 0. The zero-order valence-corrected chi connectivity index (χ0v) is 14.6. The van der Waals surface area contributed by atoms with Crippen molar-refractivity contribution in [2.24, 2.45) is 0 Å². The molecule has 1 atom stereocenters. The summed E-state index contributed by atoms with van der Waals surface area (Å²) in [6, 6.07) is 19.4. The van der Waals surface area contributed by atoms with Crippen LogP contribution in [0.3, 0.4) is 0 Å². The van der Waals surface area contributed by atoms with Crippen LogP contribution >= 0.6 is 11.3 Å². The molecule has 3 aromatic rings. The number of aliphatic hydroxyl groups excluding tert-OH is 1. The van der Waals surface area contributed by atoms with Crippen molar-refractivity contribution in [3.8, 4) is 0 Å². The third-order valence-corrected chi connectivity index (χ3v) is 4.66. The summed E-state index contributed by atoms with van der Waals surface area (Å²) in [6.45, 7) is 0.850. The molecule has 0 unspecified atom stereocenters. The molecule has 5 heteroatoms. The van der Waals surface area contributed by atoms with Crippen LogP contribution in [0.5, 0.6) is 0 Å². The lowest BCUT2D eigenvalue weighted by atomic mass is 10.1. The molecule has 4 nitrogen and oxygen atoms in total. The first kappa shape index (κ1) is 17.3. The topological polar surface area (TPSA) is 53.4 Å². The number of aromatic nitrogens is 1. The number of thiazole rings is 1. The van der Waals surface area contributed by atoms with Crippen molar-refractivity contribution in [3.63, 3.8) is 0 Å². The molecule has 0 aliphatic heterocycles. The Bertz CT molecular complexity index is 776. The molecule has 128 valence electrons. The fourth-order valence-electron chi connectivity index (χ4n) is 2.65. The van der Waals surface area contributed by atoms with Gasteiger partial charge in [-0.2, -0.15) is 0 Å². The van der Waals surface area contributed by atoms with Gasteiger partial charge in [0.2, 0.25) is 0 Å². The molecular formula is C20H20N2O2S. The van der Waals surface area contributed by atoms with Crippen molar-refractivity contribution < 1.29 is 9.90 Å². The Morgan fingerprint density at radius 3 is 2.24 bits per heavy atom. The third kappa shape index (κ3) is 4.98. The van der Waals surface area contributed by atoms with Crippen LogP contribution in [0.15, 0.2) is 72.2 Å². The number of carbonyl (C=O) groups excluding carboxylic acids is 1. The summed E-state index contributed by atoms with van der Waals surface area (Å²) in [4.78, 5) is 18.8. The van der Waals surface area contributed by atoms with Crippen molar-refractivity contribution >= 4 is 17.2 Å². The van der Waals surface area contributed by atoms with E-state index in [4.69, 9.17) is 0 Å². The first-order chi connectivity index (χ1) is 12.2. The van der Waals surface area contributed by atoms with E-state index in [9.17, 15) is 9.90 Å². The number of hydrogen-bond acceptors (Lipinski definition) is 4. The molecule has 2 aromatic carbocycles. The molecule has 0 saturated carbocycles. The van der Waals surface area contributed by atoms with E-state index in [1.54, 1.807) is 11.1 Å². The standard InChI is InChI=1S/C20H20N2O2S/c23-18(13-16-7-3-1-4-8-16)20(24)22(15-19-21-11-12-25-19)14-17-9-5-2-6-10-17/h1-12,18,23H,13-15H2/t18-/m0/s1. The van der Waals surface area contributed by atoms with Crippen LogP contribution in [-0.4, -0.2) is 27.0 Å². The van der Waals surface area contributed by atoms with Crippen LogP contribution in [0.2, 0.25) is 0 Å². The average molecular weight is 352 g/mol. The Labute approximate surface area is 151 Å². The molecule has 3 rings (SSSR count). The number of hydrogen-bond donors (Lipinski definition) is 1. The lowest BCUT2D eigenvalue weighted by Gasteiger charge is -2.24. The predicted octanol–water partition coefficient (Wildman–Crippen LogP) is 3.28. The van der Waals surface area contributed by atoms with Crippen molar-refractivity contribution in [2.75, 3.05) is 0 Å². The summed E-state index contributed by atoms with van der Waals surface area (Å²) in [7, 11) is 0. The van der Waals surface area contributed by atoms with Crippen molar-refractivity contribution in [3.05, 3.63) is 88.4 Å². The predicted molar refractivity (Wildman–Crippen MR) is 99.0 cm³/mol. The molecule has 0 saturated heterocycles. The number of carbonyl (C=O) groups is 1. The molecular weight excluding hydrogens is 332 g/mol. The van der Waals surface area contributed by atoms with Gasteiger partial charge in [-0.05, 0) is 11.1 Å². The van der Waals surface area contributed by atoms with Crippen LogP contribution in [0.4, 0.5) is 0 Å². The molecule has 0 aliphatic carbocycles. The molecule has 1 aromatic heterocycles. The van der Waals surface area contributed by atoms with Gasteiger partial charge in [-0.15, -0.1) is 11.3 Å². The second kappa shape index (κ2) is 8.55. The van der Waals surface area contributed by atoms with E-state index in [1.165, 1.54) is 11.3 Å². The van der Waals surface area contributed by atoms with Gasteiger partial charge in [0.05, 0.1) is 6.54 Å². The molecule has 25 heavy (non-hydrogen) atoms. The Balaban J connectivity index is 1.73. The van der Waals surface area contributed by atoms with Gasteiger partial charge in [-0.1, -0.05) is 60.7 Å². The van der Waals surface area contributed by atoms with Gasteiger partial charge in [-0.25, -0.2) is 4.98 Å². The third-order valence-electron chi connectivity index (χ3n) is 3.89. The lowest BCUT2D eigenvalue weighted by molar-refractivity contribution is -0.141. The number of rotatable bonds is 7. The van der Waals surface area contributed by atoms with Crippen LogP contribution in [0.1, 0.15) is 16.1 Å². The minimum Gasteiger partial charge on any atom is -0.383 e. The zero-order valence-electron chi connectivity index (χ0n) is 13.8. The van der Waals surface area contributed by atoms with Crippen molar-refractivity contribution in [2.45, 2.75) is 25.6 Å². The van der Waals surface area contributed by atoms with E-state index in [0.29, 0.717) is 19.5 Å². The fraction of sp³-hybridized carbons (Fsp3) is 0.200. The summed E-state index contributed by atoms with van der Waals surface area (Å²) in [5, 5.41) is 13.2. The van der Waals surface area contributed by atoms with E-state index >= 15 is 0 Å². The smallest absolute Gasteiger partial charge is 0.252 e. The summed E-state index contributed by atoms with van der Waals surface area (Å²) >= 11 is 1.51. The highest BCUT2D eigenvalue weighted by atomic mass is 32.1. The zero-order chi connectivity index (χ0) is 17.5. The maximum atomic E-state index is 12.8. The second-order valence-corrected chi connectivity index (χ2v) is 6.79. The molecule has 0 radical (unpaired) electrons. The number of nitrogens with zero attached hydrogens (tertiary/aromatic N) is 2. The Hall–Kier alpha value is -2.50. The van der Waals surface area contributed by atoms with Gasteiger partial charge in [0.1, 0.15) is 11.1 Å². The molecule has 0 spiro atoms. The Kier molecular flexibility index (Phi) is 5.93. The molecule has 1 N–H and O–H groups in total. The van der Waals surface area contributed by atoms with Crippen LogP contribution in [-0.2, 0) is 24.3 Å². The maximum absolute atomic E-state index is 12.8. The van der Waals surface area contributed by atoms with Crippen LogP contribution in [0, 0.1) is 0 Å². The second-order valence-electron chi connectivity index (χ2n) is 5.81. The van der Waals surface area contributed by atoms with E-state index in [1.807, 2.05) is 66.0 Å². The summed E-state index contributed by atoms with van der Waals surface area (Å²) in [5.41, 5.74) is 1.97. The highest BCUT2D eigenvalue weighted by molar-refractivity contribution is 7.09. The SMILES string of the molecule is O=C([C@@H](O)Cc1ccccc1)N(Cc1ccccc1)Cc1nccs1. The number of aliphatic hydroxyl groups is 1. The first-order valence-electron chi connectivity index (χ1n) is 8.15. The quantitative estimate of drug-likeness (QED) is 0.710. The summed E-state index contributed by atoms with van der Waals surface area (Å²) in [5.74, 6) is -0.275. The maximum Gasteiger partial charge on any atom is 0.252 e.